The van der Waals surface area contributed by atoms with E-state index in [1.165, 1.54) is 6.42 Å². The molecular formula is C15H31N3O2. The average Bonchev–Trinajstić information content (AvgIpc) is 2.39. The van der Waals surface area contributed by atoms with Crippen molar-refractivity contribution in [1.29, 1.82) is 0 Å². The maximum Gasteiger partial charge on any atom is 0.315 e. The van der Waals surface area contributed by atoms with Gasteiger partial charge in [0, 0.05) is 12.1 Å². The Kier molecular flexibility index (Phi) is 6.76. The Hall–Kier alpha value is -0.810. The van der Waals surface area contributed by atoms with Crippen molar-refractivity contribution >= 4 is 6.03 Å². The highest BCUT2D eigenvalue weighted by atomic mass is 16.3. The van der Waals surface area contributed by atoms with E-state index in [0.717, 1.165) is 32.1 Å². The van der Waals surface area contributed by atoms with Gasteiger partial charge in [0.1, 0.15) is 0 Å². The van der Waals surface area contributed by atoms with E-state index in [1.54, 1.807) is 0 Å². The number of amides is 2. The Morgan fingerprint density at radius 3 is 2.65 bits per heavy atom. The summed E-state index contributed by atoms with van der Waals surface area (Å²) in [6.07, 6.45) is 6.12. The molecule has 3 unspecified atom stereocenters. The fraction of sp³-hybridized carbons (Fsp3) is 0.933. The van der Waals surface area contributed by atoms with E-state index in [-0.39, 0.29) is 18.7 Å². The Bertz CT molecular complexity index is 309. The minimum atomic E-state index is -0.519. The predicted molar refractivity (Wildman–Crippen MR) is 81.8 cm³/mol. The molecule has 1 aliphatic carbocycles. The standard InChI is InChI=1S/C15H31N3O2/c1-5-9-15(2,11-19)17-14(20)16-12-7-6-8-13(10-12)18(3)4/h12-13,19H,5-11H2,1-4H3,(H2,16,17,20). The second-order valence-electron chi connectivity index (χ2n) is 6.55. The van der Waals surface area contributed by atoms with Crippen LogP contribution in [0.25, 0.3) is 0 Å². The second kappa shape index (κ2) is 7.84. The summed E-state index contributed by atoms with van der Waals surface area (Å²) in [4.78, 5) is 14.3. The molecule has 0 aromatic rings. The Balaban J connectivity index is 2.45. The lowest BCUT2D eigenvalue weighted by molar-refractivity contribution is 0.156. The third-order valence-corrected chi connectivity index (χ3v) is 4.28. The van der Waals surface area contributed by atoms with Crippen LogP contribution in [0.1, 0.15) is 52.4 Å². The molecule has 0 heterocycles. The molecule has 3 atom stereocenters. The Morgan fingerprint density at radius 2 is 2.10 bits per heavy atom. The monoisotopic (exact) mass is 285 g/mol. The predicted octanol–water partition coefficient (Wildman–Crippen LogP) is 1.71. The molecule has 20 heavy (non-hydrogen) atoms. The lowest BCUT2D eigenvalue weighted by Gasteiger charge is -2.35. The van der Waals surface area contributed by atoms with E-state index in [4.69, 9.17) is 0 Å². The lowest BCUT2D eigenvalue weighted by Crippen LogP contribution is -2.55. The van der Waals surface area contributed by atoms with Gasteiger partial charge in [-0.1, -0.05) is 13.3 Å². The van der Waals surface area contributed by atoms with Crippen LogP contribution in [0.5, 0.6) is 0 Å². The van der Waals surface area contributed by atoms with Crippen LogP contribution in [-0.4, -0.2) is 54.4 Å². The first kappa shape index (κ1) is 17.2. The highest BCUT2D eigenvalue weighted by Gasteiger charge is 2.28. The van der Waals surface area contributed by atoms with Crippen LogP contribution in [0.4, 0.5) is 4.79 Å². The van der Waals surface area contributed by atoms with Crippen LogP contribution >= 0.6 is 0 Å². The van der Waals surface area contributed by atoms with E-state index in [0.29, 0.717) is 6.04 Å². The summed E-state index contributed by atoms with van der Waals surface area (Å²) in [5, 5.41) is 15.4. The minimum absolute atomic E-state index is 0.0285. The van der Waals surface area contributed by atoms with E-state index in [2.05, 4.69) is 36.6 Å². The first-order chi connectivity index (χ1) is 9.40. The third kappa shape index (κ3) is 5.29. The second-order valence-corrected chi connectivity index (χ2v) is 6.55. The smallest absolute Gasteiger partial charge is 0.315 e. The molecule has 0 aromatic carbocycles. The first-order valence-electron chi connectivity index (χ1n) is 7.76. The summed E-state index contributed by atoms with van der Waals surface area (Å²) in [6.45, 7) is 3.91. The van der Waals surface area contributed by atoms with Crippen molar-refractivity contribution in [2.45, 2.75) is 70.0 Å². The van der Waals surface area contributed by atoms with E-state index in [9.17, 15) is 9.90 Å². The zero-order valence-corrected chi connectivity index (χ0v) is 13.4. The van der Waals surface area contributed by atoms with Gasteiger partial charge in [-0.05, 0) is 53.1 Å². The maximum absolute atomic E-state index is 12.1. The average molecular weight is 285 g/mol. The molecule has 118 valence electrons. The Labute approximate surface area is 123 Å². The van der Waals surface area contributed by atoms with Crippen LogP contribution in [0.15, 0.2) is 0 Å². The molecular weight excluding hydrogens is 254 g/mol. The van der Waals surface area contributed by atoms with Crippen LogP contribution in [0, 0.1) is 0 Å². The summed E-state index contributed by atoms with van der Waals surface area (Å²) >= 11 is 0. The van der Waals surface area contributed by atoms with Crippen molar-refractivity contribution in [2.24, 2.45) is 0 Å². The highest BCUT2D eigenvalue weighted by molar-refractivity contribution is 5.75. The van der Waals surface area contributed by atoms with Gasteiger partial charge in [-0.2, -0.15) is 0 Å². The molecule has 0 aliphatic heterocycles. The number of hydrogen-bond acceptors (Lipinski definition) is 3. The van der Waals surface area contributed by atoms with Gasteiger partial charge in [-0.15, -0.1) is 0 Å². The number of carbonyl (C=O) groups excluding carboxylic acids is 1. The van der Waals surface area contributed by atoms with Gasteiger partial charge >= 0.3 is 6.03 Å². The lowest BCUT2D eigenvalue weighted by atomic mass is 9.90. The molecule has 0 bridgehead atoms. The molecule has 5 heteroatoms. The number of urea groups is 1. The minimum Gasteiger partial charge on any atom is -0.394 e. The zero-order chi connectivity index (χ0) is 15.2. The molecule has 2 amide bonds. The summed E-state index contributed by atoms with van der Waals surface area (Å²) in [5.41, 5.74) is -0.519. The number of hydrogen-bond donors (Lipinski definition) is 3. The molecule has 1 aliphatic rings. The van der Waals surface area contributed by atoms with Crippen molar-refractivity contribution in [3.8, 4) is 0 Å². The molecule has 0 radical (unpaired) electrons. The topological polar surface area (TPSA) is 64.6 Å². The zero-order valence-electron chi connectivity index (χ0n) is 13.4. The number of carbonyl (C=O) groups is 1. The van der Waals surface area contributed by atoms with E-state index < -0.39 is 5.54 Å². The van der Waals surface area contributed by atoms with Crippen molar-refractivity contribution in [3.63, 3.8) is 0 Å². The van der Waals surface area contributed by atoms with Crippen LogP contribution < -0.4 is 10.6 Å². The van der Waals surface area contributed by atoms with Crippen molar-refractivity contribution in [1.82, 2.24) is 15.5 Å². The number of rotatable bonds is 6. The summed E-state index contributed by atoms with van der Waals surface area (Å²) in [6, 6.07) is 0.633. The van der Waals surface area contributed by atoms with Crippen LogP contribution in [-0.2, 0) is 0 Å². The van der Waals surface area contributed by atoms with Gasteiger partial charge in [0.25, 0.3) is 0 Å². The fourth-order valence-electron chi connectivity index (χ4n) is 2.99. The van der Waals surface area contributed by atoms with Gasteiger partial charge in [0.15, 0.2) is 0 Å². The first-order valence-corrected chi connectivity index (χ1v) is 7.76. The van der Waals surface area contributed by atoms with Gasteiger partial charge in [0.05, 0.1) is 12.1 Å². The van der Waals surface area contributed by atoms with Gasteiger partial charge < -0.3 is 20.6 Å². The van der Waals surface area contributed by atoms with Gasteiger partial charge in [-0.3, -0.25) is 0 Å². The SMILES string of the molecule is CCCC(C)(CO)NC(=O)NC1CCCC(N(C)C)C1. The van der Waals surface area contributed by atoms with Gasteiger partial charge in [-0.25, -0.2) is 4.79 Å². The highest BCUT2D eigenvalue weighted by Crippen LogP contribution is 2.21. The third-order valence-electron chi connectivity index (χ3n) is 4.28. The van der Waals surface area contributed by atoms with Crippen molar-refractivity contribution < 1.29 is 9.90 Å². The number of nitrogens with zero attached hydrogens (tertiary/aromatic N) is 1. The Morgan fingerprint density at radius 1 is 1.40 bits per heavy atom. The van der Waals surface area contributed by atoms with Crippen LogP contribution in [0.3, 0.4) is 0 Å². The summed E-state index contributed by atoms with van der Waals surface area (Å²) < 4.78 is 0. The molecule has 0 spiro atoms. The van der Waals surface area contributed by atoms with Gasteiger partial charge in [0.2, 0.25) is 0 Å². The molecule has 5 nitrogen and oxygen atoms in total. The van der Waals surface area contributed by atoms with Crippen molar-refractivity contribution in [3.05, 3.63) is 0 Å². The van der Waals surface area contributed by atoms with Crippen LogP contribution in [0.2, 0.25) is 0 Å². The number of aliphatic hydroxyl groups is 1. The molecule has 0 saturated heterocycles. The summed E-state index contributed by atoms with van der Waals surface area (Å²) in [7, 11) is 4.19. The normalized spacial score (nSPS) is 26.1. The number of nitrogens with one attached hydrogen (secondary N) is 2. The molecule has 0 aromatic heterocycles. The molecule has 3 N–H and O–H groups in total. The molecule has 1 saturated carbocycles. The maximum atomic E-state index is 12.1. The van der Waals surface area contributed by atoms with E-state index in [1.807, 2.05) is 6.92 Å². The molecule has 1 fully saturated rings. The molecule has 1 rings (SSSR count). The quantitative estimate of drug-likeness (QED) is 0.696. The van der Waals surface area contributed by atoms with E-state index >= 15 is 0 Å². The summed E-state index contributed by atoms with van der Waals surface area (Å²) in [5.74, 6) is 0. The fourth-order valence-corrected chi connectivity index (χ4v) is 2.99. The number of aliphatic hydroxyl groups excluding tert-OH is 1. The van der Waals surface area contributed by atoms with Crippen molar-refractivity contribution in [2.75, 3.05) is 20.7 Å². The largest absolute Gasteiger partial charge is 0.394 e.